The quantitative estimate of drug-likeness (QED) is 0.510. The molecule has 2 aromatic carbocycles. The van der Waals surface area contributed by atoms with Crippen LogP contribution in [-0.2, 0) is 19.4 Å². The Morgan fingerprint density at radius 3 is 2.35 bits per heavy atom. The van der Waals surface area contributed by atoms with Gasteiger partial charge in [-0.1, -0.05) is 69.8 Å². The van der Waals surface area contributed by atoms with Gasteiger partial charge in [-0.05, 0) is 35.9 Å². The van der Waals surface area contributed by atoms with Gasteiger partial charge in [0.1, 0.15) is 0 Å². The Morgan fingerprint density at radius 2 is 1.73 bits per heavy atom. The Bertz CT molecular complexity index is 1030. The molecule has 0 saturated carbocycles. The summed E-state index contributed by atoms with van der Waals surface area (Å²) in [5.41, 5.74) is 1.09. The number of alkyl halides is 3. The lowest BCUT2D eigenvalue weighted by Crippen LogP contribution is -2.05. The third-order valence-electron chi connectivity index (χ3n) is 3.38. The second kappa shape index (κ2) is 7.37. The van der Waals surface area contributed by atoms with E-state index < -0.39 is 13.6 Å². The van der Waals surface area contributed by atoms with Gasteiger partial charge in [0.25, 0.3) is 9.68 Å². The molecule has 0 radical (unpaired) electrons. The third-order valence-corrected chi connectivity index (χ3v) is 5.82. The van der Waals surface area contributed by atoms with Gasteiger partial charge in [0.2, 0.25) is 5.82 Å². The molecule has 0 unspecified atom stereocenters. The minimum Gasteiger partial charge on any atom is -0.334 e. The number of nitrogens with zero attached hydrogens (tertiary/aromatic N) is 2. The lowest BCUT2D eigenvalue weighted by atomic mass is 10.1. The molecule has 0 atom stereocenters. The molecule has 0 amide bonds. The summed E-state index contributed by atoms with van der Waals surface area (Å²) in [5, 5.41) is 4.22. The summed E-state index contributed by atoms with van der Waals surface area (Å²) in [6.45, 7) is 0. The van der Waals surface area contributed by atoms with Crippen LogP contribution in [0.4, 0.5) is 0 Å². The van der Waals surface area contributed by atoms with E-state index in [1.165, 1.54) is 24.3 Å². The predicted molar refractivity (Wildman–Crippen MR) is 101 cm³/mol. The summed E-state index contributed by atoms with van der Waals surface area (Å²) in [6.07, 6.45) is 0. The molecule has 0 N–H and O–H groups in total. The molecule has 136 valence electrons. The normalized spacial score (nSPS) is 12.3. The average molecular weight is 452 g/mol. The molecule has 10 heteroatoms. The SMILES string of the molecule is O=S(=O)(Cc1cccc(-c2noc(C(Cl)(Cl)Cl)n2)c1)c1ccc(Cl)cc1. The summed E-state index contributed by atoms with van der Waals surface area (Å²) < 4.78 is 28.2. The van der Waals surface area contributed by atoms with Crippen LogP contribution in [-0.4, -0.2) is 18.6 Å². The van der Waals surface area contributed by atoms with E-state index in [0.717, 1.165) is 0 Å². The van der Waals surface area contributed by atoms with E-state index in [-0.39, 0.29) is 22.4 Å². The monoisotopic (exact) mass is 450 g/mol. The van der Waals surface area contributed by atoms with Crippen LogP contribution < -0.4 is 0 Å². The number of sulfone groups is 1. The van der Waals surface area contributed by atoms with E-state index in [1.807, 2.05) is 0 Å². The Kier molecular flexibility index (Phi) is 5.51. The summed E-state index contributed by atoms with van der Waals surface area (Å²) in [5.74, 6) is -0.175. The number of benzene rings is 2. The lowest BCUT2D eigenvalue weighted by Gasteiger charge is -2.06. The molecular weight excluding hydrogens is 442 g/mol. The zero-order chi connectivity index (χ0) is 18.9. The molecule has 0 aliphatic carbocycles. The molecule has 26 heavy (non-hydrogen) atoms. The molecule has 0 spiro atoms. The van der Waals surface area contributed by atoms with Crippen molar-refractivity contribution in [1.29, 1.82) is 0 Å². The van der Waals surface area contributed by atoms with Gasteiger partial charge in [-0.25, -0.2) is 8.42 Å². The van der Waals surface area contributed by atoms with Gasteiger partial charge >= 0.3 is 0 Å². The average Bonchev–Trinajstić information content (AvgIpc) is 3.05. The van der Waals surface area contributed by atoms with Crippen LogP contribution in [0.1, 0.15) is 11.5 Å². The number of halogens is 4. The number of aromatic nitrogens is 2. The standard InChI is InChI=1S/C16H10Cl4N2O3S/c17-12-4-6-13(7-5-12)26(23,24)9-10-2-1-3-11(8-10)14-21-15(25-22-14)16(18,19)20/h1-8H,9H2. The summed E-state index contributed by atoms with van der Waals surface area (Å²) >= 11 is 22.9. The van der Waals surface area contributed by atoms with E-state index in [0.29, 0.717) is 16.1 Å². The van der Waals surface area contributed by atoms with Crippen LogP contribution in [0, 0.1) is 0 Å². The molecule has 5 nitrogen and oxygen atoms in total. The van der Waals surface area contributed by atoms with Gasteiger partial charge in [-0.15, -0.1) is 0 Å². The maximum Gasteiger partial charge on any atom is 0.279 e. The van der Waals surface area contributed by atoms with Crippen molar-refractivity contribution in [3.8, 4) is 11.4 Å². The van der Waals surface area contributed by atoms with Crippen molar-refractivity contribution in [3.05, 3.63) is 65.0 Å². The van der Waals surface area contributed by atoms with Crippen molar-refractivity contribution in [3.63, 3.8) is 0 Å². The highest BCUT2D eigenvalue weighted by Gasteiger charge is 2.30. The maximum absolute atomic E-state index is 12.6. The molecule has 3 aromatic rings. The number of rotatable bonds is 4. The fourth-order valence-electron chi connectivity index (χ4n) is 2.20. The van der Waals surface area contributed by atoms with E-state index in [1.54, 1.807) is 24.3 Å². The van der Waals surface area contributed by atoms with Crippen molar-refractivity contribution in [2.75, 3.05) is 0 Å². The van der Waals surface area contributed by atoms with E-state index in [9.17, 15) is 8.42 Å². The highest BCUT2D eigenvalue weighted by atomic mass is 35.6. The first-order valence-electron chi connectivity index (χ1n) is 7.14. The molecular formula is C16H10Cl4N2O3S. The molecule has 0 saturated heterocycles. The van der Waals surface area contributed by atoms with Gasteiger partial charge in [-0.3, -0.25) is 0 Å². The van der Waals surface area contributed by atoms with Crippen molar-refractivity contribution >= 4 is 56.2 Å². The fourth-order valence-corrected chi connectivity index (χ4v) is 3.89. The lowest BCUT2D eigenvalue weighted by molar-refractivity contribution is 0.383. The molecule has 0 bridgehead atoms. The van der Waals surface area contributed by atoms with Crippen LogP contribution in [0.2, 0.25) is 5.02 Å². The Morgan fingerprint density at radius 1 is 1.04 bits per heavy atom. The van der Waals surface area contributed by atoms with Crippen molar-refractivity contribution in [2.24, 2.45) is 0 Å². The molecule has 0 aliphatic heterocycles. The van der Waals surface area contributed by atoms with E-state index >= 15 is 0 Å². The van der Waals surface area contributed by atoms with Crippen molar-refractivity contribution in [2.45, 2.75) is 14.4 Å². The Labute approximate surface area is 169 Å². The number of hydrogen-bond donors (Lipinski definition) is 0. The minimum absolute atomic E-state index is 0.170. The van der Waals surface area contributed by atoms with Gasteiger partial charge in [0, 0.05) is 10.6 Å². The van der Waals surface area contributed by atoms with Gasteiger partial charge in [-0.2, -0.15) is 4.98 Å². The maximum atomic E-state index is 12.6. The van der Waals surface area contributed by atoms with E-state index in [2.05, 4.69) is 10.1 Å². The highest BCUT2D eigenvalue weighted by Crippen LogP contribution is 2.37. The van der Waals surface area contributed by atoms with Crippen LogP contribution in [0.15, 0.2) is 57.9 Å². The molecule has 1 aromatic heterocycles. The van der Waals surface area contributed by atoms with Gasteiger partial charge in [0.15, 0.2) is 9.84 Å². The zero-order valence-corrected chi connectivity index (χ0v) is 16.7. The van der Waals surface area contributed by atoms with Crippen LogP contribution in [0.25, 0.3) is 11.4 Å². The third kappa shape index (κ3) is 4.50. The number of hydrogen-bond acceptors (Lipinski definition) is 5. The zero-order valence-electron chi connectivity index (χ0n) is 12.9. The second-order valence-corrected chi connectivity index (χ2v) is 10.0. The fraction of sp³-hybridized carbons (Fsp3) is 0.125. The van der Waals surface area contributed by atoms with Crippen molar-refractivity contribution in [1.82, 2.24) is 10.1 Å². The first kappa shape index (κ1) is 19.5. The van der Waals surface area contributed by atoms with Crippen LogP contribution >= 0.6 is 46.4 Å². The summed E-state index contributed by atoms with van der Waals surface area (Å²) in [7, 11) is -3.53. The minimum atomic E-state index is -3.53. The molecule has 1 heterocycles. The molecule has 3 rings (SSSR count). The topological polar surface area (TPSA) is 73.1 Å². The predicted octanol–water partition coefficient (Wildman–Crippen LogP) is 5.19. The first-order valence-corrected chi connectivity index (χ1v) is 10.3. The van der Waals surface area contributed by atoms with Crippen LogP contribution in [0.3, 0.4) is 0 Å². The Hall–Kier alpha value is -1.31. The van der Waals surface area contributed by atoms with Crippen molar-refractivity contribution < 1.29 is 12.9 Å². The second-order valence-electron chi connectivity index (χ2n) is 5.33. The highest BCUT2D eigenvalue weighted by molar-refractivity contribution is 7.90. The summed E-state index contributed by atoms with van der Waals surface area (Å²) in [6, 6.07) is 12.7. The van der Waals surface area contributed by atoms with Crippen LogP contribution in [0.5, 0.6) is 0 Å². The van der Waals surface area contributed by atoms with Gasteiger partial charge in [0.05, 0.1) is 10.6 Å². The largest absolute Gasteiger partial charge is 0.334 e. The van der Waals surface area contributed by atoms with Gasteiger partial charge < -0.3 is 4.52 Å². The molecule has 0 aliphatic rings. The smallest absolute Gasteiger partial charge is 0.279 e. The Balaban J connectivity index is 1.88. The molecule has 0 fully saturated rings. The van der Waals surface area contributed by atoms with E-state index in [4.69, 9.17) is 50.9 Å². The first-order chi connectivity index (χ1) is 12.1. The summed E-state index contributed by atoms with van der Waals surface area (Å²) in [4.78, 5) is 4.21.